The Labute approximate surface area is 149 Å². The Hall–Kier alpha value is -1.38. The van der Waals surface area contributed by atoms with E-state index in [2.05, 4.69) is 11.1 Å². The number of hydrogen-bond donors (Lipinski definition) is 0. The Kier molecular flexibility index (Phi) is 5.38. The molecule has 0 atom stereocenters. The van der Waals surface area contributed by atoms with Crippen molar-refractivity contribution in [2.75, 3.05) is 0 Å². The van der Waals surface area contributed by atoms with Gasteiger partial charge in [0.2, 0.25) is 0 Å². The summed E-state index contributed by atoms with van der Waals surface area (Å²) in [5, 5.41) is 0. The fraction of sp³-hybridized carbons (Fsp3) is 0.0556. The summed E-state index contributed by atoms with van der Waals surface area (Å²) in [6.45, 7) is 2.02. The summed E-state index contributed by atoms with van der Waals surface area (Å²) in [6.07, 6.45) is 1.86. The van der Waals surface area contributed by atoms with Crippen molar-refractivity contribution in [1.82, 2.24) is 4.98 Å². The maximum Gasteiger partial charge on any atom is 3.00 e. The van der Waals surface area contributed by atoms with Crippen LogP contribution < -0.4 is 0 Å². The topological polar surface area (TPSA) is 12.9 Å². The molecule has 1 heterocycles. The Morgan fingerprint density at radius 3 is 2.10 bits per heavy atom. The zero-order valence-electron chi connectivity index (χ0n) is 11.7. The van der Waals surface area contributed by atoms with Crippen LogP contribution in [-0.4, -0.2) is 4.98 Å². The number of rotatable bonds is 2. The summed E-state index contributed by atoms with van der Waals surface area (Å²) < 4.78 is 12.9. The third kappa shape index (κ3) is 3.84. The van der Waals surface area contributed by atoms with E-state index in [-0.39, 0.29) is 38.5 Å². The van der Waals surface area contributed by atoms with Gasteiger partial charge in [-0.25, -0.2) is 4.39 Å². The Balaban J connectivity index is 0.00000161. The fourth-order valence-electron chi connectivity index (χ4n) is 2.06. The van der Waals surface area contributed by atoms with Crippen LogP contribution in [0.3, 0.4) is 0 Å². The van der Waals surface area contributed by atoms with Crippen molar-refractivity contribution in [1.29, 1.82) is 0 Å². The van der Waals surface area contributed by atoms with E-state index in [1.165, 1.54) is 6.07 Å². The molecule has 21 heavy (non-hydrogen) atoms. The number of nitrogens with zero attached hydrogens (tertiary/aromatic N) is 1. The second kappa shape index (κ2) is 7.06. The number of halogens is 1. The van der Waals surface area contributed by atoms with Crippen LogP contribution in [0.5, 0.6) is 0 Å². The number of pyridine rings is 1. The van der Waals surface area contributed by atoms with Crippen molar-refractivity contribution >= 4 is 0 Å². The molecule has 0 amide bonds. The molecule has 3 rings (SSSR count). The average molecular weight is 351 g/mol. The maximum absolute atomic E-state index is 12.9. The molecule has 0 bridgehead atoms. The smallest absolute Gasteiger partial charge is 0.256 e. The molecule has 3 heteroatoms. The van der Waals surface area contributed by atoms with Crippen LogP contribution in [-0.2, 0) is 32.7 Å². The maximum atomic E-state index is 12.9. The van der Waals surface area contributed by atoms with Crippen molar-refractivity contribution in [3.05, 3.63) is 78.2 Å². The van der Waals surface area contributed by atoms with E-state index in [1.807, 2.05) is 49.5 Å². The molecule has 2 aromatic carbocycles. The minimum atomic E-state index is -0.339. The summed E-state index contributed by atoms with van der Waals surface area (Å²) in [6, 6.07) is 19.5. The van der Waals surface area contributed by atoms with E-state index in [0.29, 0.717) is 0 Å². The van der Waals surface area contributed by atoms with Gasteiger partial charge in [-0.3, -0.25) is 4.98 Å². The number of hydrogen-bond acceptors (Lipinski definition) is 1. The molecule has 1 nitrogen and oxygen atoms in total. The first-order valence-corrected chi connectivity index (χ1v) is 6.43. The molecule has 0 fully saturated rings. The van der Waals surface area contributed by atoms with E-state index >= 15 is 0 Å². The summed E-state index contributed by atoms with van der Waals surface area (Å²) in [5.41, 5.74) is 5.16. The van der Waals surface area contributed by atoms with Gasteiger partial charge in [0, 0.05) is 17.6 Å². The molecular formula is C18H13FNY+2. The third-order valence-electron chi connectivity index (χ3n) is 3.20. The number of aromatic nitrogens is 1. The molecule has 3 aromatic rings. The molecule has 0 unspecified atom stereocenters. The third-order valence-corrected chi connectivity index (χ3v) is 3.20. The average Bonchev–Trinajstić information content (AvgIpc) is 2.49. The zero-order valence-corrected chi connectivity index (χ0v) is 14.5. The minimum Gasteiger partial charge on any atom is -0.256 e. The van der Waals surface area contributed by atoms with Gasteiger partial charge >= 0.3 is 32.7 Å². The Bertz CT molecular complexity index is 639. The van der Waals surface area contributed by atoms with Gasteiger partial charge in [-0.2, -0.15) is 12.1 Å². The van der Waals surface area contributed by atoms with Gasteiger partial charge in [0.1, 0.15) is 0 Å². The second-order valence-electron chi connectivity index (χ2n) is 4.72. The SMILES string of the molecule is Cc1ccc(-c2ccc(-c3c[c-]c(F)cc3)cc2)nc1.[Y+3]. The molecule has 0 saturated heterocycles. The van der Waals surface area contributed by atoms with Gasteiger partial charge in [-0.15, -0.1) is 17.7 Å². The molecule has 0 saturated carbocycles. The van der Waals surface area contributed by atoms with E-state index in [1.54, 1.807) is 12.1 Å². The van der Waals surface area contributed by atoms with Crippen molar-refractivity contribution in [2.45, 2.75) is 6.92 Å². The molecule has 0 aliphatic rings. The van der Waals surface area contributed by atoms with Crippen LogP contribution in [0.2, 0.25) is 0 Å². The summed E-state index contributed by atoms with van der Waals surface area (Å²) >= 11 is 0. The predicted molar refractivity (Wildman–Crippen MR) is 78.6 cm³/mol. The summed E-state index contributed by atoms with van der Waals surface area (Å²) in [7, 11) is 0. The molecule has 0 spiro atoms. The molecule has 0 aliphatic heterocycles. The predicted octanol–water partition coefficient (Wildman–Crippen LogP) is 4.66. The number of aryl methyl sites for hydroxylation is 1. The molecule has 1 aromatic heterocycles. The standard InChI is InChI=1S/C18H13FN.Y/c1-13-2-11-18(20-12-13)16-5-3-14(4-6-16)15-7-9-17(19)10-8-15;/h2-9,11-12H,1H3;/q-1;+3. The zero-order chi connectivity index (χ0) is 13.9. The van der Waals surface area contributed by atoms with Crippen LogP contribution in [0.15, 0.2) is 60.8 Å². The summed E-state index contributed by atoms with van der Waals surface area (Å²) in [5.74, 6) is -0.339. The van der Waals surface area contributed by atoms with E-state index < -0.39 is 0 Å². The van der Waals surface area contributed by atoms with Crippen molar-refractivity contribution in [3.63, 3.8) is 0 Å². The molecule has 0 aliphatic carbocycles. The van der Waals surface area contributed by atoms with Crippen LogP contribution in [0.1, 0.15) is 5.56 Å². The van der Waals surface area contributed by atoms with E-state index in [0.717, 1.165) is 27.9 Å². The molecule has 0 radical (unpaired) electrons. The van der Waals surface area contributed by atoms with Gasteiger partial charge in [-0.1, -0.05) is 35.9 Å². The quantitative estimate of drug-likeness (QED) is 0.612. The minimum absolute atomic E-state index is 0. The van der Waals surface area contributed by atoms with Gasteiger partial charge in [0.25, 0.3) is 0 Å². The monoisotopic (exact) mass is 351 g/mol. The van der Waals surface area contributed by atoms with Crippen LogP contribution >= 0.6 is 0 Å². The first-order chi connectivity index (χ1) is 9.72. The number of benzene rings is 2. The van der Waals surface area contributed by atoms with Gasteiger partial charge < -0.3 is 0 Å². The molecular weight excluding hydrogens is 338 g/mol. The fourth-order valence-corrected chi connectivity index (χ4v) is 2.06. The molecule has 98 valence electrons. The van der Waals surface area contributed by atoms with Gasteiger partial charge in [-0.05, 0) is 18.6 Å². The second-order valence-corrected chi connectivity index (χ2v) is 4.72. The van der Waals surface area contributed by atoms with Crippen molar-refractivity contribution in [2.24, 2.45) is 0 Å². The van der Waals surface area contributed by atoms with Crippen LogP contribution in [0.25, 0.3) is 22.4 Å². The van der Waals surface area contributed by atoms with Gasteiger partial charge in [0.05, 0.1) is 5.69 Å². The Morgan fingerprint density at radius 1 is 0.857 bits per heavy atom. The Morgan fingerprint density at radius 2 is 1.52 bits per heavy atom. The normalized spacial score (nSPS) is 10.0. The van der Waals surface area contributed by atoms with Crippen molar-refractivity contribution < 1.29 is 37.1 Å². The first-order valence-electron chi connectivity index (χ1n) is 6.43. The summed E-state index contributed by atoms with van der Waals surface area (Å²) in [4.78, 5) is 4.41. The van der Waals surface area contributed by atoms with Gasteiger partial charge in [0.15, 0.2) is 0 Å². The largest absolute Gasteiger partial charge is 3.00 e. The van der Waals surface area contributed by atoms with E-state index in [9.17, 15) is 4.39 Å². The first kappa shape index (κ1) is 16.0. The van der Waals surface area contributed by atoms with E-state index in [4.69, 9.17) is 0 Å². The molecule has 0 N–H and O–H groups in total. The van der Waals surface area contributed by atoms with Crippen LogP contribution in [0, 0.1) is 18.8 Å². The van der Waals surface area contributed by atoms with Crippen LogP contribution in [0.4, 0.5) is 4.39 Å². The van der Waals surface area contributed by atoms with Crippen molar-refractivity contribution in [3.8, 4) is 22.4 Å².